The standard InChI is InChI=1S/C30H26ClNO6/c1-35-25-14-19(9-11-24(25)37-17-18-6-3-2-4-7-18)27-26-28(33)22-15-20(31)10-12-23(22)38-29(26)30(34)32(27)16-21-8-5-13-36-21/h2-4,6-7,9-12,14-15,21,27H,5,8,13,16-17H2,1H3/t21-,27+/m0/s1. The lowest BCUT2D eigenvalue weighted by molar-refractivity contribution is 0.0486. The van der Waals surface area contributed by atoms with Crippen molar-refractivity contribution in [3.8, 4) is 11.5 Å². The molecule has 0 unspecified atom stereocenters. The Morgan fingerprint density at radius 1 is 1.03 bits per heavy atom. The van der Waals surface area contributed by atoms with Crippen LogP contribution in [-0.4, -0.2) is 37.2 Å². The summed E-state index contributed by atoms with van der Waals surface area (Å²) >= 11 is 6.19. The van der Waals surface area contributed by atoms with Crippen LogP contribution in [0, 0.1) is 0 Å². The Bertz CT molecular complexity index is 1560. The zero-order valence-electron chi connectivity index (χ0n) is 20.8. The Labute approximate surface area is 224 Å². The van der Waals surface area contributed by atoms with Gasteiger partial charge in [-0.3, -0.25) is 9.59 Å². The lowest BCUT2D eigenvalue weighted by Gasteiger charge is -2.28. The molecule has 0 radical (unpaired) electrons. The first-order chi connectivity index (χ1) is 18.5. The highest BCUT2D eigenvalue weighted by Crippen LogP contribution is 2.41. The van der Waals surface area contributed by atoms with Gasteiger partial charge >= 0.3 is 0 Å². The van der Waals surface area contributed by atoms with Gasteiger partial charge in [0.1, 0.15) is 12.2 Å². The molecule has 4 aromatic rings. The number of fused-ring (bicyclic) bond motifs is 2. The van der Waals surface area contributed by atoms with E-state index >= 15 is 0 Å². The summed E-state index contributed by atoms with van der Waals surface area (Å²) in [5.74, 6) is 0.784. The highest BCUT2D eigenvalue weighted by molar-refractivity contribution is 6.31. The number of benzene rings is 3. The molecule has 0 aliphatic carbocycles. The van der Waals surface area contributed by atoms with Crippen molar-refractivity contribution >= 4 is 28.5 Å². The Morgan fingerprint density at radius 3 is 2.63 bits per heavy atom. The van der Waals surface area contributed by atoms with E-state index in [1.165, 1.54) is 0 Å². The largest absolute Gasteiger partial charge is 0.493 e. The van der Waals surface area contributed by atoms with Crippen LogP contribution >= 0.6 is 11.6 Å². The van der Waals surface area contributed by atoms with Crippen LogP contribution in [0.3, 0.4) is 0 Å². The monoisotopic (exact) mass is 531 g/mol. The van der Waals surface area contributed by atoms with Crippen molar-refractivity contribution in [3.05, 3.63) is 104 Å². The van der Waals surface area contributed by atoms with Gasteiger partial charge in [-0.15, -0.1) is 0 Å². The number of carbonyl (C=O) groups excluding carboxylic acids is 1. The van der Waals surface area contributed by atoms with Crippen molar-refractivity contribution in [1.82, 2.24) is 4.90 Å². The fourth-order valence-electron chi connectivity index (χ4n) is 5.24. The van der Waals surface area contributed by atoms with Gasteiger partial charge in [-0.05, 0) is 54.3 Å². The summed E-state index contributed by atoms with van der Waals surface area (Å²) in [5, 5.41) is 0.756. The number of hydrogen-bond acceptors (Lipinski definition) is 6. The maximum atomic E-state index is 13.8. The van der Waals surface area contributed by atoms with Crippen LogP contribution in [0.2, 0.25) is 5.02 Å². The van der Waals surface area contributed by atoms with E-state index in [1.54, 1.807) is 30.2 Å². The maximum absolute atomic E-state index is 13.8. The molecule has 3 aromatic carbocycles. The summed E-state index contributed by atoms with van der Waals surface area (Å²) in [6.45, 7) is 1.38. The van der Waals surface area contributed by atoms with Crippen molar-refractivity contribution in [1.29, 1.82) is 0 Å². The third kappa shape index (κ3) is 4.42. The van der Waals surface area contributed by atoms with Crippen molar-refractivity contribution in [2.24, 2.45) is 0 Å². The van der Waals surface area contributed by atoms with Gasteiger partial charge in [0.25, 0.3) is 5.91 Å². The predicted octanol–water partition coefficient (Wildman–Crippen LogP) is 5.76. The molecule has 3 heterocycles. The lowest BCUT2D eigenvalue weighted by Crippen LogP contribution is -2.36. The molecule has 1 saturated heterocycles. The number of amides is 1. The topological polar surface area (TPSA) is 78.2 Å². The Balaban J connectivity index is 1.43. The average Bonchev–Trinajstić information content (AvgIpc) is 3.55. The lowest BCUT2D eigenvalue weighted by atomic mass is 9.97. The van der Waals surface area contributed by atoms with E-state index in [-0.39, 0.29) is 23.2 Å². The summed E-state index contributed by atoms with van der Waals surface area (Å²) in [5.41, 5.74) is 2.09. The van der Waals surface area contributed by atoms with E-state index in [9.17, 15) is 9.59 Å². The second kappa shape index (κ2) is 10.2. The van der Waals surface area contributed by atoms with Crippen LogP contribution in [-0.2, 0) is 11.3 Å². The molecular formula is C30H26ClNO6. The summed E-state index contributed by atoms with van der Waals surface area (Å²) in [4.78, 5) is 29.1. The average molecular weight is 532 g/mol. The molecule has 0 spiro atoms. The number of ether oxygens (including phenoxy) is 3. The zero-order chi connectivity index (χ0) is 26.2. The fourth-order valence-corrected chi connectivity index (χ4v) is 5.42. The fraction of sp³-hybridized carbons (Fsp3) is 0.267. The van der Waals surface area contributed by atoms with Gasteiger partial charge in [-0.2, -0.15) is 0 Å². The van der Waals surface area contributed by atoms with Crippen LogP contribution in [0.5, 0.6) is 11.5 Å². The minimum Gasteiger partial charge on any atom is -0.493 e. The van der Waals surface area contributed by atoms with Crippen molar-refractivity contribution in [2.45, 2.75) is 31.6 Å². The van der Waals surface area contributed by atoms with Crippen LogP contribution in [0.15, 0.2) is 75.9 Å². The first-order valence-corrected chi connectivity index (χ1v) is 12.9. The first-order valence-electron chi connectivity index (χ1n) is 12.6. The summed E-state index contributed by atoms with van der Waals surface area (Å²) in [6, 6.07) is 19.5. The van der Waals surface area contributed by atoms with Crippen LogP contribution in [0.25, 0.3) is 11.0 Å². The minimum atomic E-state index is -0.668. The van der Waals surface area contributed by atoms with Crippen LogP contribution < -0.4 is 14.9 Å². The van der Waals surface area contributed by atoms with Gasteiger partial charge in [0.2, 0.25) is 5.76 Å². The van der Waals surface area contributed by atoms with Gasteiger partial charge in [0.15, 0.2) is 16.9 Å². The van der Waals surface area contributed by atoms with Gasteiger partial charge in [-0.1, -0.05) is 48.0 Å². The minimum absolute atomic E-state index is 0.0520. The van der Waals surface area contributed by atoms with Crippen LogP contribution in [0.1, 0.15) is 46.1 Å². The Hall–Kier alpha value is -3.81. The van der Waals surface area contributed by atoms with E-state index < -0.39 is 6.04 Å². The van der Waals surface area contributed by atoms with Gasteiger partial charge in [0, 0.05) is 18.2 Å². The molecule has 2 atom stereocenters. The summed E-state index contributed by atoms with van der Waals surface area (Å²) in [6.07, 6.45) is 1.68. The molecule has 1 amide bonds. The second-order valence-electron chi connectivity index (χ2n) is 9.49. The second-order valence-corrected chi connectivity index (χ2v) is 9.93. The molecule has 6 rings (SSSR count). The van der Waals surface area contributed by atoms with Crippen LogP contribution in [0.4, 0.5) is 0 Å². The number of halogens is 1. The molecule has 194 valence electrons. The number of nitrogens with zero attached hydrogens (tertiary/aromatic N) is 1. The van der Waals surface area contributed by atoms with Crippen molar-refractivity contribution in [3.63, 3.8) is 0 Å². The Kier molecular flexibility index (Phi) is 6.55. The van der Waals surface area contributed by atoms with Crippen molar-refractivity contribution in [2.75, 3.05) is 20.3 Å². The van der Waals surface area contributed by atoms with Crippen molar-refractivity contribution < 1.29 is 23.4 Å². The first kappa shape index (κ1) is 24.5. The van der Waals surface area contributed by atoms with Gasteiger partial charge < -0.3 is 23.5 Å². The molecule has 1 fully saturated rings. The smallest absolute Gasteiger partial charge is 0.291 e. The third-order valence-electron chi connectivity index (χ3n) is 7.09. The molecule has 1 aromatic heterocycles. The predicted molar refractivity (Wildman–Crippen MR) is 143 cm³/mol. The third-order valence-corrected chi connectivity index (χ3v) is 7.33. The Morgan fingerprint density at radius 2 is 1.87 bits per heavy atom. The highest BCUT2D eigenvalue weighted by atomic mass is 35.5. The number of methoxy groups -OCH3 is 1. The molecule has 2 aliphatic rings. The van der Waals surface area contributed by atoms with Gasteiger partial charge in [-0.25, -0.2) is 0 Å². The number of rotatable bonds is 7. The molecule has 2 aliphatic heterocycles. The molecular weight excluding hydrogens is 506 g/mol. The van der Waals surface area contributed by atoms with E-state index in [2.05, 4.69) is 0 Å². The summed E-state index contributed by atoms with van der Waals surface area (Å²) in [7, 11) is 1.57. The normalized spacial score (nSPS) is 18.7. The molecule has 0 N–H and O–H groups in total. The zero-order valence-corrected chi connectivity index (χ0v) is 21.6. The summed E-state index contributed by atoms with van der Waals surface area (Å²) < 4.78 is 23.6. The molecule has 0 saturated carbocycles. The number of hydrogen-bond donors (Lipinski definition) is 0. The number of carbonyl (C=O) groups is 1. The van der Waals surface area contributed by atoms with E-state index in [1.807, 2.05) is 48.5 Å². The van der Waals surface area contributed by atoms with Gasteiger partial charge in [0.05, 0.1) is 30.2 Å². The van der Waals surface area contributed by atoms with E-state index in [0.717, 1.165) is 18.4 Å². The SMILES string of the molecule is COc1cc([C@@H]2c3c(oc4ccc(Cl)cc4c3=O)C(=O)N2C[C@@H]2CCCO2)ccc1OCc1ccccc1. The molecule has 38 heavy (non-hydrogen) atoms. The molecule has 0 bridgehead atoms. The van der Waals surface area contributed by atoms with E-state index in [4.69, 9.17) is 30.2 Å². The molecule has 7 nitrogen and oxygen atoms in total. The van der Waals surface area contributed by atoms with E-state index in [0.29, 0.717) is 58.4 Å². The quantitative estimate of drug-likeness (QED) is 0.302. The molecule has 8 heteroatoms. The maximum Gasteiger partial charge on any atom is 0.291 e. The highest BCUT2D eigenvalue weighted by Gasteiger charge is 2.44.